The zero-order chi connectivity index (χ0) is 35.1. The lowest BCUT2D eigenvalue weighted by Crippen LogP contribution is -2.39. The number of imide groups is 1. The Bertz CT molecular complexity index is 1010. The van der Waals surface area contributed by atoms with Gasteiger partial charge in [-0.3, -0.25) is 28.9 Å². The summed E-state index contributed by atoms with van der Waals surface area (Å²) in [5, 5.41) is 19.8. The van der Waals surface area contributed by atoms with E-state index in [1.54, 1.807) is 0 Å². The fourth-order valence-corrected chi connectivity index (χ4v) is 3.73. The van der Waals surface area contributed by atoms with Gasteiger partial charge in [0.1, 0.15) is 6.61 Å². The highest BCUT2D eigenvalue weighted by atomic mass is 16.7. The third-order valence-electron chi connectivity index (χ3n) is 6.11. The summed E-state index contributed by atoms with van der Waals surface area (Å²) in [6, 6.07) is 0. The quantitative estimate of drug-likeness (QED) is 0.0453. The molecule has 2 atom stereocenters. The van der Waals surface area contributed by atoms with Crippen LogP contribution in [0.15, 0.2) is 12.2 Å². The molecule has 0 saturated carbocycles. The van der Waals surface area contributed by atoms with E-state index in [9.17, 15) is 33.9 Å². The summed E-state index contributed by atoms with van der Waals surface area (Å²) in [5.74, 6) is -1.73. The number of ether oxygens (including phenoxy) is 5. The lowest BCUT2D eigenvalue weighted by Gasteiger charge is -2.29. The molecule has 0 saturated heterocycles. The number of hydrogen-bond acceptors (Lipinski definition) is 12. The Labute approximate surface area is 275 Å². The van der Waals surface area contributed by atoms with Crippen molar-refractivity contribution < 1.29 is 57.6 Å². The van der Waals surface area contributed by atoms with E-state index in [4.69, 9.17) is 23.7 Å². The van der Waals surface area contributed by atoms with Crippen LogP contribution in [0.25, 0.3) is 0 Å². The first-order valence-corrected chi connectivity index (χ1v) is 15.7. The fourth-order valence-electron chi connectivity index (χ4n) is 3.73. The number of carbonyl (C=O) groups is 6. The number of carbonyl (C=O) groups excluding carboxylic acids is 6. The second-order valence-corrected chi connectivity index (χ2v) is 11.2. The Balaban J connectivity index is 1.99. The van der Waals surface area contributed by atoms with Gasteiger partial charge in [0.2, 0.25) is 17.7 Å². The smallest absolute Gasteiger partial charge is 0.407 e. The van der Waals surface area contributed by atoms with Gasteiger partial charge in [-0.05, 0) is 27.2 Å². The minimum atomic E-state index is -0.866. The normalized spacial score (nSPS) is 14.1. The number of hydrogen-bond donors (Lipinski definition) is 5. The molecule has 0 aliphatic carbocycles. The lowest BCUT2D eigenvalue weighted by atomic mass is 10.2. The summed E-state index contributed by atoms with van der Waals surface area (Å²) >= 11 is 0. The van der Waals surface area contributed by atoms with Gasteiger partial charge in [0, 0.05) is 64.1 Å². The highest BCUT2D eigenvalue weighted by Crippen LogP contribution is 2.15. The van der Waals surface area contributed by atoms with Crippen molar-refractivity contribution in [3.63, 3.8) is 0 Å². The van der Waals surface area contributed by atoms with Crippen molar-refractivity contribution in [2.24, 2.45) is 0 Å². The van der Waals surface area contributed by atoms with Gasteiger partial charge in [0.25, 0.3) is 11.8 Å². The van der Waals surface area contributed by atoms with Crippen LogP contribution < -0.4 is 21.3 Å². The van der Waals surface area contributed by atoms with Crippen LogP contribution in [0.2, 0.25) is 0 Å². The summed E-state index contributed by atoms with van der Waals surface area (Å²) in [4.78, 5) is 71.6. The summed E-state index contributed by atoms with van der Waals surface area (Å²) < 4.78 is 27.2. The minimum Gasteiger partial charge on any atom is -0.444 e. The molecule has 17 heteroatoms. The zero-order valence-corrected chi connectivity index (χ0v) is 27.8. The van der Waals surface area contributed by atoms with Crippen LogP contribution in [0.5, 0.6) is 0 Å². The third-order valence-corrected chi connectivity index (χ3v) is 6.11. The van der Waals surface area contributed by atoms with E-state index in [0.29, 0.717) is 6.42 Å². The minimum absolute atomic E-state index is 0.00609. The maximum absolute atomic E-state index is 12.0. The van der Waals surface area contributed by atoms with Crippen LogP contribution in [0, 0.1) is 0 Å². The maximum Gasteiger partial charge on any atom is 0.407 e. The van der Waals surface area contributed by atoms with Gasteiger partial charge in [0.05, 0.1) is 44.7 Å². The second kappa shape index (κ2) is 23.6. The Morgan fingerprint density at radius 2 is 1.36 bits per heavy atom. The van der Waals surface area contributed by atoms with Crippen molar-refractivity contribution in [1.29, 1.82) is 0 Å². The largest absolute Gasteiger partial charge is 0.444 e. The Kier molecular flexibility index (Phi) is 20.8. The number of nitrogens with zero attached hydrogens (tertiary/aromatic N) is 1. The predicted molar refractivity (Wildman–Crippen MR) is 167 cm³/mol. The molecule has 1 aliphatic heterocycles. The van der Waals surface area contributed by atoms with E-state index in [1.165, 1.54) is 12.2 Å². The topological polar surface area (TPSA) is 220 Å². The van der Waals surface area contributed by atoms with Crippen LogP contribution in [0.3, 0.4) is 0 Å². The van der Waals surface area contributed by atoms with Crippen LogP contribution in [-0.4, -0.2) is 136 Å². The van der Waals surface area contributed by atoms with E-state index in [1.807, 2.05) is 27.7 Å². The summed E-state index contributed by atoms with van der Waals surface area (Å²) in [6.07, 6.45) is 0.963. The van der Waals surface area contributed by atoms with Gasteiger partial charge in [-0.1, -0.05) is 6.92 Å². The fraction of sp³-hybridized carbons (Fsp3) is 0.733. The number of nitrogens with one attached hydrogen (secondary N) is 4. The maximum atomic E-state index is 12.0. The first kappa shape index (κ1) is 41.4. The molecule has 1 heterocycles. The number of aliphatic hydroxyl groups excluding tert-OH is 1. The van der Waals surface area contributed by atoms with Crippen molar-refractivity contribution >= 4 is 35.6 Å². The van der Waals surface area contributed by atoms with Crippen molar-refractivity contribution in [2.75, 3.05) is 72.4 Å². The molecule has 2 unspecified atom stereocenters. The average molecular weight is 674 g/mol. The molecule has 0 aromatic carbocycles. The molecule has 5 N–H and O–H groups in total. The molecule has 0 aromatic heterocycles. The molecular weight excluding hydrogens is 622 g/mol. The summed E-state index contributed by atoms with van der Waals surface area (Å²) in [6.45, 7) is 8.64. The van der Waals surface area contributed by atoms with Crippen molar-refractivity contribution in [3.05, 3.63) is 12.2 Å². The first-order valence-electron chi connectivity index (χ1n) is 15.7. The molecule has 1 rings (SSSR count). The van der Waals surface area contributed by atoms with E-state index >= 15 is 0 Å². The highest BCUT2D eigenvalue weighted by Gasteiger charge is 2.24. The molecule has 0 spiro atoms. The molecule has 0 bridgehead atoms. The van der Waals surface area contributed by atoms with E-state index in [0.717, 1.165) is 4.90 Å². The molecule has 0 radical (unpaired) electrons. The number of amides is 6. The van der Waals surface area contributed by atoms with Gasteiger partial charge >= 0.3 is 6.09 Å². The molecule has 17 nitrogen and oxygen atoms in total. The number of rotatable bonds is 25. The van der Waals surface area contributed by atoms with Crippen LogP contribution >= 0.6 is 0 Å². The third kappa shape index (κ3) is 21.0. The average Bonchev–Trinajstić information content (AvgIpc) is 3.34. The standard InChI is InChI=1S/C30H51N5O12/c1-5-22(20-36)46-28(47-30(2,3)4)21-45-29(42)34-11-8-23(37)31-12-13-32-25(39)10-16-43-18-19-44-17-14-33-24(38)9-15-35-26(40)6-7-27(35)41/h6-7,22,28,36H,5,8-21H2,1-4H3,(H,31,37)(H,32,39)(H,33,38)(H,34,42). The lowest BCUT2D eigenvalue weighted by molar-refractivity contribution is -0.233. The van der Waals surface area contributed by atoms with E-state index in [2.05, 4.69) is 21.3 Å². The Morgan fingerprint density at radius 1 is 0.787 bits per heavy atom. The van der Waals surface area contributed by atoms with E-state index in [-0.39, 0.29) is 109 Å². The predicted octanol–water partition coefficient (Wildman–Crippen LogP) is -0.882. The van der Waals surface area contributed by atoms with Crippen LogP contribution in [-0.2, 0) is 47.7 Å². The molecule has 0 aromatic rings. The first-order chi connectivity index (χ1) is 22.3. The Morgan fingerprint density at radius 3 is 1.96 bits per heavy atom. The number of alkyl carbamates (subject to hydrolysis) is 1. The monoisotopic (exact) mass is 673 g/mol. The molecule has 6 amide bonds. The summed E-state index contributed by atoms with van der Waals surface area (Å²) in [5.41, 5.74) is -0.562. The van der Waals surface area contributed by atoms with Crippen molar-refractivity contribution in [1.82, 2.24) is 26.2 Å². The van der Waals surface area contributed by atoms with Gasteiger partial charge in [-0.2, -0.15) is 0 Å². The van der Waals surface area contributed by atoms with Gasteiger partial charge < -0.3 is 50.1 Å². The molecule has 47 heavy (non-hydrogen) atoms. The Hall–Kier alpha value is -3.64. The molecule has 268 valence electrons. The SMILES string of the molecule is CCC(CO)OC(COC(=O)NCCC(=O)NCCNC(=O)CCOCCOCCNC(=O)CCN1C(=O)C=CC1=O)OC(C)(C)C. The van der Waals surface area contributed by atoms with Crippen LogP contribution in [0.1, 0.15) is 53.4 Å². The van der Waals surface area contributed by atoms with E-state index < -0.39 is 35.9 Å². The highest BCUT2D eigenvalue weighted by molar-refractivity contribution is 6.13. The number of aliphatic hydroxyl groups is 1. The molecule has 0 fully saturated rings. The summed E-state index contributed by atoms with van der Waals surface area (Å²) in [7, 11) is 0. The van der Waals surface area contributed by atoms with Crippen LogP contribution in [0.4, 0.5) is 4.79 Å². The van der Waals surface area contributed by atoms with Gasteiger partial charge in [0.15, 0.2) is 6.29 Å². The van der Waals surface area contributed by atoms with Crippen molar-refractivity contribution in [3.8, 4) is 0 Å². The van der Waals surface area contributed by atoms with Crippen molar-refractivity contribution in [2.45, 2.75) is 71.4 Å². The van der Waals surface area contributed by atoms with Gasteiger partial charge in [-0.25, -0.2) is 4.79 Å². The second-order valence-electron chi connectivity index (χ2n) is 11.2. The zero-order valence-electron chi connectivity index (χ0n) is 27.8. The molecule has 1 aliphatic rings. The van der Waals surface area contributed by atoms with Gasteiger partial charge in [-0.15, -0.1) is 0 Å². The molecular formula is C30H51N5O12.